The van der Waals surface area contributed by atoms with Gasteiger partial charge in [-0.3, -0.25) is 9.59 Å². The fourth-order valence-corrected chi connectivity index (χ4v) is 6.26. The van der Waals surface area contributed by atoms with Crippen LogP contribution >= 0.6 is 0 Å². The summed E-state index contributed by atoms with van der Waals surface area (Å²) in [5.41, 5.74) is 4.78. The minimum atomic E-state index is -0.237. The second-order valence-corrected chi connectivity index (χ2v) is 11.1. The van der Waals surface area contributed by atoms with Crippen LogP contribution in [0.1, 0.15) is 54.4 Å². The van der Waals surface area contributed by atoms with E-state index in [1.807, 2.05) is 54.4 Å². The number of nitriles is 1. The lowest BCUT2D eigenvalue weighted by atomic mass is 9.80. The number of hydrogen-bond donors (Lipinski definition) is 1. The molecule has 6 rings (SSSR count). The van der Waals surface area contributed by atoms with Crippen molar-refractivity contribution in [1.82, 2.24) is 19.4 Å². The zero-order valence-electron chi connectivity index (χ0n) is 22.9. The van der Waals surface area contributed by atoms with Crippen LogP contribution in [0.5, 0.6) is 0 Å². The minimum Gasteiger partial charge on any atom is -0.343 e. The summed E-state index contributed by atoms with van der Waals surface area (Å²) in [6.45, 7) is 5.18. The van der Waals surface area contributed by atoms with Crippen LogP contribution in [-0.4, -0.2) is 39.1 Å². The van der Waals surface area contributed by atoms with E-state index in [0.717, 1.165) is 47.8 Å². The molecule has 40 heavy (non-hydrogen) atoms. The van der Waals surface area contributed by atoms with Crippen molar-refractivity contribution in [2.24, 2.45) is 5.92 Å². The van der Waals surface area contributed by atoms with Crippen LogP contribution in [-0.2, 0) is 24.4 Å². The van der Waals surface area contributed by atoms with E-state index in [1.54, 1.807) is 10.6 Å². The van der Waals surface area contributed by atoms with Crippen molar-refractivity contribution in [2.45, 2.75) is 57.8 Å². The third kappa shape index (κ3) is 5.07. The van der Waals surface area contributed by atoms with Crippen LogP contribution in [0, 0.1) is 17.2 Å². The first-order valence-corrected chi connectivity index (χ1v) is 14.3. The van der Waals surface area contributed by atoms with Gasteiger partial charge in [0.25, 0.3) is 5.56 Å². The molecule has 0 bridgehead atoms. The number of fused-ring (bicyclic) bond motifs is 1. The van der Waals surface area contributed by atoms with Gasteiger partial charge in [-0.25, -0.2) is 0 Å². The third-order valence-corrected chi connectivity index (χ3v) is 8.50. The van der Waals surface area contributed by atoms with Crippen molar-refractivity contribution < 1.29 is 4.79 Å². The van der Waals surface area contributed by atoms with Crippen LogP contribution in [0.15, 0.2) is 77.9 Å². The second kappa shape index (κ2) is 11.1. The van der Waals surface area contributed by atoms with Crippen molar-refractivity contribution in [3.8, 4) is 6.07 Å². The normalized spacial score (nSPS) is 18.9. The molecule has 2 aromatic heterocycles. The standard InChI is InChI=1S/C33H35N5O2/c1-2-36-16-14-24(17-31(36)39)28-13-15-35-19-29(28)33(40)38(27-11-12-27)22-26-21-37(20-23-7-4-3-5-8-23)30-10-6-9-25(18-34)32(26)30/h3-10,14,16-17,21,27-29,35H,2,11-13,15,19-20,22H2,1H3/t28-,29+/m1/s1. The summed E-state index contributed by atoms with van der Waals surface area (Å²) in [6, 6.07) is 22.5. The van der Waals surface area contributed by atoms with Gasteiger partial charge in [0.05, 0.1) is 17.6 Å². The number of aromatic nitrogens is 2. The molecule has 1 saturated carbocycles. The summed E-state index contributed by atoms with van der Waals surface area (Å²) in [5.74, 6) is -0.0969. The number of benzene rings is 2. The van der Waals surface area contributed by atoms with Crippen molar-refractivity contribution in [2.75, 3.05) is 13.1 Å². The molecular formula is C33H35N5O2. The molecule has 1 amide bonds. The Labute approximate surface area is 234 Å². The van der Waals surface area contributed by atoms with E-state index in [-0.39, 0.29) is 29.3 Å². The number of amides is 1. The number of carbonyl (C=O) groups excluding carboxylic acids is 1. The van der Waals surface area contributed by atoms with Crippen LogP contribution in [0.3, 0.4) is 0 Å². The summed E-state index contributed by atoms with van der Waals surface area (Å²) >= 11 is 0. The quantitative estimate of drug-likeness (QED) is 0.358. The number of carbonyl (C=O) groups is 1. The lowest BCUT2D eigenvalue weighted by molar-refractivity contribution is -0.138. The third-order valence-electron chi connectivity index (χ3n) is 8.50. The summed E-state index contributed by atoms with van der Waals surface area (Å²) < 4.78 is 3.89. The molecule has 204 valence electrons. The van der Waals surface area contributed by atoms with Gasteiger partial charge in [-0.05, 0) is 73.5 Å². The molecule has 7 heteroatoms. The van der Waals surface area contributed by atoms with Crippen molar-refractivity contribution in [1.29, 1.82) is 5.26 Å². The molecule has 1 aliphatic heterocycles. The first-order valence-electron chi connectivity index (χ1n) is 14.3. The summed E-state index contributed by atoms with van der Waals surface area (Å²) in [4.78, 5) is 29.0. The zero-order valence-corrected chi connectivity index (χ0v) is 22.9. The largest absolute Gasteiger partial charge is 0.343 e. The Balaban J connectivity index is 1.34. The Bertz CT molecular complexity index is 1630. The molecule has 0 radical (unpaired) electrons. The summed E-state index contributed by atoms with van der Waals surface area (Å²) in [6.07, 6.45) is 6.79. The van der Waals surface area contributed by atoms with Crippen molar-refractivity contribution in [3.05, 3.63) is 106 Å². The van der Waals surface area contributed by atoms with Gasteiger partial charge in [-0.15, -0.1) is 0 Å². The van der Waals surface area contributed by atoms with Gasteiger partial charge >= 0.3 is 0 Å². The van der Waals surface area contributed by atoms with E-state index in [9.17, 15) is 14.9 Å². The highest BCUT2D eigenvalue weighted by Gasteiger charge is 2.40. The topological polar surface area (TPSA) is 83.1 Å². The number of hydrogen-bond acceptors (Lipinski definition) is 4. The molecule has 0 spiro atoms. The van der Waals surface area contributed by atoms with Gasteiger partial charge in [0.15, 0.2) is 0 Å². The highest BCUT2D eigenvalue weighted by atomic mass is 16.2. The maximum absolute atomic E-state index is 14.3. The minimum absolute atomic E-state index is 0.00305. The number of rotatable bonds is 8. The Hall–Kier alpha value is -4.15. The number of pyridine rings is 1. The number of nitrogens with one attached hydrogen (secondary N) is 1. The summed E-state index contributed by atoms with van der Waals surface area (Å²) in [7, 11) is 0. The van der Waals surface area contributed by atoms with E-state index < -0.39 is 0 Å². The summed E-state index contributed by atoms with van der Waals surface area (Å²) in [5, 5.41) is 14.3. The SMILES string of the molecule is CCn1ccc([C@H]2CCNC[C@@H]2C(=O)N(Cc2cn(Cc3ccccc3)c3cccc(C#N)c23)C2CC2)cc1=O. The van der Waals surface area contributed by atoms with E-state index in [1.165, 1.54) is 5.56 Å². The molecule has 2 fully saturated rings. The Morgan fingerprint density at radius 1 is 1.07 bits per heavy atom. The maximum atomic E-state index is 14.3. The molecule has 4 aromatic rings. The molecule has 1 saturated heterocycles. The average molecular weight is 534 g/mol. The molecule has 0 unspecified atom stereocenters. The highest BCUT2D eigenvalue weighted by Crippen LogP contribution is 2.37. The number of nitrogens with zero attached hydrogens (tertiary/aromatic N) is 4. The molecule has 2 atom stereocenters. The van der Waals surface area contributed by atoms with Gasteiger partial charge in [0.1, 0.15) is 0 Å². The van der Waals surface area contributed by atoms with Crippen LogP contribution in [0.4, 0.5) is 0 Å². The Morgan fingerprint density at radius 2 is 1.90 bits per heavy atom. The second-order valence-electron chi connectivity index (χ2n) is 11.1. The maximum Gasteiger partial charge on any atom is 0.250 e. The number of aryl methyl sites for hydroxylation is 1. The van der Waals surface area contributed by atoms with Crippen LogP contribution in [0.25, 0.3) is 10.9 Å². The first kappa shape index (κ1) is 26.1. The lowest BCUT2D eigenvalue weighted by Crippen LogP contribution is -2.47. The molecule has 7 nitrogen and oxygen atoms in total. The molecule has 1 aliphatic carbocycles. The van der Waals surface area contributed by atoms with Crippen molar-refractivity contribution >= 4 is 16.8 Å². The van der Waals surface area contributed by atoms with Gasteiger partial charge in [0, 0.05) is 61.6 Å². The smallest absolute Gasteiger partial charge is 0.250 e. The van der Waals surface area contributed by atoms with Crippen LogP contribution < -0.4 is 10.9 Å². The molecule has 3 heterocycles. The predicted molar refractivity (Wildman–Crippen MR) is 156 cm³/mol. The van der Waals surface area contributed by atoms with Gasteiger partial charge in [-0.1, -0.05) is 36.4 Å². The Kier molecular flexibility index (Phi) is 7.27. The van der Waals surface area contributed by atoms with E-state index >= 15 is 0 Å². The Morgan fingerprint density at radius 3 is 2.62 bits per heavy atom. The molecule has 2 aliphatic rings. The monoisotopic (exact) mass is 533 g/mol. The predicted octanol–water partition coefficient (Wildman–Crippen LogP) is 4.63. The van der Waals surface area contributed by atoms with Gasteiger partial charge in [0.2, 0.25) is 5.91 Å². The zero-order chi connectivity index (χ0) is 27.6. The van der Waals surface area contributed by atoms with Crippen molar-refractivity contribution in [3.63, 3.8) is 0 Å². The fourth-order valence-electron chi connectivity index (χ4n) is 6.26. The van der Waals surface area contributed by atoms with Gasteiger partial charge < -0.3 is 19.4 Å². The lowest BCUT2D eigenvalue weighted by Gasteiger charge is -2.35. The van der Waals surface area contributed by atoms with Gasteiger partial charge in [-0.2, -0.15) is 5.26 Å². The van der Waals surface area contributed by atoms with Crippen LogP contribution in [0.2, 0.25) is 0 Å². The molecule has 2 aromatic carbocycles. The number of piperidine rings is 1. The fraction of sp³-hybridized carbons (Fsp3) is 0.364. The van der Waals surface area contributed by atoms with E-state index in [2.05, 4.69) is 40.3 Å². The molecule has 1 N–H and O–H groups in total. The highest BCUT2D eigenvalue weighted by molar-refractivity contribution is 5.90. The first-order chi connectivity index (χ1) is 19.6. The average Bonchev–Trinajstić information content (AvgIpc) is 3.78. The van der Waals surface area contributed by atoms with E-state index in [0.29, 0.717) is 31.7 Å². The van der Waals surface area contributed by atoms with E-state index in [4.69, 9.17) is 0 Å². The molecular weight excluding hydrogens is 498 g/mol.